The second kappa shape index (κ2) is 17.1. The summed E-state index contributed by atoms with van der Waals surface area (Å²) in [5.41, 5.74) is 0. The molecule has 0 heterocycles. The molecule has 20 heavy (non-hydrogen) atoms. The molecule has 0 spiro atoms. The van der Waals surface area contributed by atoms with Crippen molar-refractivity contribution in [1.29, 1.82) is 0 Å². The molecule has 0 aliphatic rings. The SMILES string of the molecule is O=C([O-])C(=O)[O-].O=C([O-])C(=O)[O-].O=C([O-])C(=O)[O-].[Os+3].[Os+3]. The summed E-state index contributed by atoms with van der Waals surface area (Å²) in [6.07, 6.45) is 0. The minimum atomic E-state index is -2.19. The maximum absolute atomic E-state index is 8.93. The second-order valence-corrected chi connectivity index (χ2v) is 1.72. The Morgan fingerprint density at radius 2 is 0.400 bits per heavy atom. The first kappa shape index (κ1) is 30.8. The molecule has 0 amide bonds. The number of aliphatic carboxylic acids is 6. The van der Waals surface area contributed by atoms with Gasteiger partial charge in [0.15, 0.2) is 0 Å². The fourth-order valence-electron chi connectivity index (χ4n) is 0. The van der Waals surface area contributed by atoms with Gasteiger partial charge < -0.3 is 59.4 Å². The zero-order chi connectivity index (χ0) is 15.5. The minimum absolute atomic E-state index is 0. The van der Waals surface area contributed by atoms with E-state index < -0.39 is 35.8 Å². The van der Waals surface area contributed by atoms with E-state index in [0.717, 1.165) is 0 Å². The predicted octanol–water partition coefficient (Wildman–Crippen LogP) is -10.5. The molecule has 12 nitrogen and oxygen atoms in total. The second-order valence-electron chi connectivity index (χ2n) is 1.72. The van der Waals surface area contributed by atoms with Gasteiger partial charge in [0.25, 0.3) is 0 Å². The summed E-state index contributed by atoms with van der Waals surface area (Å²) in [6.45, 7) is 0. The van der Waals surface area contributed by atoms with Crippen LogP contribution in [0.25, 0.3) is 0 Å². The largest absolute Gasteiger partial charge is 3.00 e. The van der Waals surface area contributed by atoms with Crippen LogP contribution in [0, 0.1) is 0 Å². The smallest absolute Gasteiger partial charge is 0.543 e. The van der Waals surface area contributed by atoms with Crippen molar-refractivity contribution in [3.8, 4) is 0 Å². The van der Waals surface area contributed by atoms with E-state index in [4.69, 9.17) is 59.4 Å². The van der Waals surface area contributed by atoms with E-state index in [-0.39, 0.29) is 39.6 Å². The van der Waals surface area contributed by atoms with E-state index in [1.807, 2.05) is 0 Å². The average Bonchev–Trinajstić information content (AvgIpc) is 2.18. The summed E-state index contributed by atoms with van der Waals surface area (Å²) in [6, 6.07) is 0. The minimum Gasteiger partial charge on any atom is -0.543 e. The molecule has 0 fully saturated rings. The first-order valence-electron chi connectivity index (χ1n) is 3.20. The fraction of sp³-hybridized carbons (Fsp3) is 0. The van der Waals surface area contributed by atoms with Gasteiger partial charge in [-0.25, -0.2) is 0 Å². The summed E-state index contributed by atoms with van der Waals surface area (Å²) < 4.78 is 0. The van der Waals surface area contributed by atoms with Gasteiger partial charge >= 0.3 is 39.6 Å². The van der Waals surface area contributed by atoms with Gasteiger partial charge in [-0.05, 0) is 0 Å². The first-order chi connectivity index (χ1) is 7.93. The van der Waals surface area contributed by atoms with Gasteiger partial charge in [-0.1, -0.05) is 0 Å². The van der Waals surface area contributed by atoms with Gasteiger partial charge in [0.2, 0.25) is 0 Å². The van der Waals surface area contributed by atoms with Crippen LogP contribution in [0.2, 0.25) is 0 Å². The van der Waals surface area contributed by atoms with Gasteiger partial charge in [-0.2, -0.15) is 0 Å². The van der Waals surface area contributed by atoms with Crippen LogP contribution >= 0.6 is 0 Å². The van der Waals surface area contributed by atoms with Gasteiger partial charge in [-0.15, -0.1) is 0 Å². The molecule has 0 aromatic rings. The quantitative estimate of drug-likeness (QED) is 0.223. The van der Waals surface area contributed by atoms with Crippen molar-refractivity contribution in [2.45, 2.75) is 0 Å². The van der Waals surface area contributed by atoms with Crippen LogP contribution in [0.15, 0.2) is 0 Å². The molecule has 0 saturated heterocycles. The van der Waals surface area contributed by atoms with E-state index in [2.05, 4.69) is 0 Å². The normalized spacial score (nSPS) is 6.60. The van der Waals surface area contributed by atoms with Crippen LogP contribution in [0.3, 0.4) is 0 Å². The van der Waals surface area contributed by atoms with E-state index >= 15 is 0 Å². The average molecular weight is 645 g/mol. The molecule has 0 atom stereocenters. The van der Waals surface area contributed by atoms with Crippen molar-refractivity contribution in [2.75, 3.05) is 0 Å². The summed E-state index contributed by atoms with van der Waals surface area (Å²) in [7, 11) is 0. The number of rotatable bonds is 0. The van der Waals surface area contributed by atoms with Crippen LogP contribution in [-0.4, -0.2) is 35.8 Å². The van der Waals surface area contributed by atoms with Gasteiger partial charge in [-0.3, -0.25) is 0 Å². The fourth-order valence-corrected chi connectivity index (χ4v) is 0. The molecular weight excluding hydrogens is 645 g/mol. The topological polar surface area (TPSA) is 241 Å². The zero-order valence-corrected chi connectivity index (χ0v) is 13.7. The first-order valence-corrected chi connectivity index (χ1v) is 3.20. The molecule has 0 aliphatic heterocycles. The molecule has 0 unspecified atom stereocenters. The zero-order valence-electron chi connectivity index (χ0n) is 8.61. The van der Waals surface area contributed by atoms with Gasteiger partial charge in [0.05, 0.1) is 35.8 Å². The standard InChI is InChI=1S/3C2H2O4.2Os/c3*3-1(4)2(5)6;;/h3*(H,3,4)(H,5,6);;/q;;;2*+3/p-6. The van der Waals surface area contributed by atoms with Crippen molar-refractivity contribution >= 4 is 35.8 Å². The van der Waals surface area contributed by atoms with Crippen LogP contribution < -0.4 is 30.6 Å². The van der Waals surface area contributed by atoms with Crippen LogP contribution in [0.4, 0.5) is 0 Å². The molecule has 112 valence electrons. The van der Waals surface area contributed by atoms with E-state index in [1.165, 1.54) is 0 Å². The Kier molecular flexibility index (Phi) is 26.4. The van der Waals surface area contributed by atoms with E-state index in [0.29, 0.717) is 0 Å². The van der Waals surface area contributed by atoms with Crippen LogP contribution in [0.5, 0.6) is 0 Å². The summed E-state index contributed by atoms with van der Waals surface area (Å²) in [4.78, 5) is 53.6. The van der Waals surface area contributed by atoms with Crippen molar-refractivity contribution in [1.82, 2.24) is 0 Å². The van der Waals surface area contributed by atoms with Crippen molar-refractivity contribution < 1.29 is 99.0 Å². The third-order valence-electron chi connectivity index (χ3n) is 0.500. The third kappa shape index (κ3) is 36.0. The molecule has 0 aromatic carbocycles. The number of carboxylic acids is 6. The Morgan fingerprint density at radius 1 is 0.350 bits per heavy atom. The Morgan fingerprint density at radius 3 is 0.400 bits per heavy atom. The monoisotopic (exact) mass is 648 g/mol. The maximum atomic E-state index is 8.93. The van der Waals surface area contributed by atoms with E-state index in [1.54, 1.807) is 0 Å². The molecule has 0 bridgehead atoms. The van der Waals surface area contributed by atoms with Crippen molar-refractivity contribution in [3.05, 3.63) is 0 Å². The summed E-state index contributed by atoms with van der Waals surface area (Å²) in [5.74, 6) is -13.1. The predicted molar refractivity (Wildman–Crippen MR) is 30.0 cm³/mol. The van der Waals surface area contributed by atoms with Gasteiger partial charge in [0, 0.05) is 0 Å². The summed E-state index contributed by atoms with van der Waals surface area (Å²) in [5, 5.41) is 53.6. The van der Waals surface area contributed by atoms with E-state index in [9.17, 15) is 0 Å². The Labute approximate surface area is 135 Å². The number of hydrogen-bond acceptors (Lipinski definition) is 12. The van der Waals surface area contributed by atoms with Crippen molar-refractivity contribution in [2.24, 2.45) is 0 Å². The number of hydrogen-bond donors (Lipinski definition) is 0. The number of carboxylic acid groups (broad SMARTS) is 6. The molecule has 0 N–H and O–H groups in total. The third-order valence-corrected chi connectivity index (χ3v) is 0.500. The Balaban J connectivity index is -0.0000000536. The molecule has 0 aliphatic carbocycles. The van der Waals surface area contributed by atoms with Crippen LogP contribution in [-0.2, 0) is 68.3 Å². The van der Waals surface area contributed by atoms with Gasteiger partial charge in [0.1, 0.15) is 0 Å². The molecule has 2 radical (unpaired) electrons. The number of carbonyl (C=O) groups excluding carboxylic acids is 6. The molecule has 0 saturated carbocycles. The Hall–Kier alpha value is -1.91. The maximum Gasteiger partial charge on any atom is 3.00 e. The van der Waals surface area contributed by atoms with Crippen molar-refractivity contribution in [3.63, 3.8) is 0 Å². The van der Waals surface area contributed by atoms with Crippen LogP contribution in [0.1, 0.15) is 0 Å². The Bertz CT molecular complexity index is 281. The summed E-state index contributed by atoms with van der Waals surface area (Å²) >= 11 is 0. The molecule has 0 aromatic heterocycles. The molecular formula is C6O12Os2. The number of carbonyl (C=O) groups is 6. The molecule has 14 heteroatoms. The molecule has 0 rings (SSSR count).